The fraction of sp³-hybridized carbons (Fsp3) is 0.455. The summed E-state index contributed by atoms with van der Waals surface area (Å²) < 4.78 is 0. The number of halogens is 1. The molecule has 0 bridgehead atoms. The lowest BCUT2D eigenvalue weighted by Crippen LogP contribution is -2.25. The second kappa shape index (κ2) is 5.64. The lowest BCUT2D eigenvalue weighted by atomic mass is 10.1. The van der Waals surface area contributed by atoms with Gasteiger partial charge in [0, 0.05) is 0 Å². The standard InChI is InChI=1S/C11H15NS.ClH/c1-9-5-2-3-6-10(9)11-12-7-4-8-13-11;/h2-3,5-6,11-12H,4,7-8H2,1H3;1H. The molecule has 0 aromatic heterocycles. The maximum absolute atomic E-state index is 3.54. The van der Waals surface area contributed by atoms with Gasteiger partial charge in [-0.3, -0.25) is 0 Å². The minimum atomic E-state index is 0. The quantitative estimate of drug-likeness (QED) is 0.794. The Hall–Kier alpha value is -0.180. The maximum atomic E-state index is 3.54. The summed E-state index contributed by atoms with van der Waals surface area (Å²) in [6, 6.07) is 8.64. The predicted molar refractivity (Wildman–Crippen MR) is 66.2 cm³/mol. The van der Waals surface area contributed by atoms with E-state index in [1.807, 2.05) is 11.8 Å². The van der Waals surface area contributed by atoms with Crippen molar-refractivity contribution in [3.8, 4) is 0 Å². The van der Waals surface area contributed by atoms with E-state index < -0.39 is 0 Å². The molecule has 2 rings (SSSR count). The van der Waals surface area contributed by atoms with Gasteiger partial charge in [-0.1, -0.05) is 24.3 Å². The highest BCUT2D eigenvalue weighted by atomic mass is 35.5. The first-order valence-electron chi connectivity index (χ1n) is 4.78. The molecular weight excluding hydrogens is 214 g/mol. The van der Waals surface area contributed by atoms with E-state index in [-0.39, 0.29) is 12.4 Å². The highest BCUT2D eigenvalue weighted by molar-refractivity contribution is 7.99. The van der Waals surface area contributed by atoms with Crippen molar-refractivity contribution in [2.45, 2.75) is 18.7 Å². The van der Waals surface area contributed by atoms with Crippen LogP contribution in [0.5, 0.6) is 0 Å². The van der Waals surface area contributed by atoms with Crippen LogP contribution in [0.15, 0.2) is 24.3 Å². The first kappa shape index (κ1) is 11.9. The van der Waals surface area contributed by atoms with Crippen LogP contribution in [-0.4, -0.2) is 12.3 Å². The maximum Gasteiger partial charge on any atom is 0.0791 e. The summed E-state index contributed by atoms with van der Waals surface area (Å²) in [5.41, 5.74) is 2.85. The average Bonchev–Trinajstić information content (AvgIpc) is 2.20. The molecule has 14 heavy (non-hydrogen) atoms. The van der Waals surface area contributed by atoms with E-state index in [4.69, 9.17) is 0 Å². The fourth-order valence-electron chi connectivity index (χ4n) is 1.65. The minimum absolute atomic E-state index is 0. The van der Waals surface area contributed by atoms with Crippen LogP contribution in [0.3, 0.4) is 0 Å². The van der Waals surface area contributed by atoms with Crippen LogP contribution >= 0.6 is 24.2 Å². The van der Waals surface area contributed by atoms with Crippen molar-refractivity contribution >= 4 is 24.2 Å². The molecule has 1 heterocycles. The van der Waals surface area contributed by atoms with E-state index in [1.54, 1.807) is 0 Å². The molecule has 1 atom stereocenters. The predicted octanol–water partition coefficient (Wildman–Crippen LogP) is 3.14. The summed E-state index contributed by atoms with van der Waals surface area (Å²) >= 11 is 2.02. The zero-order chi connectivity index (χ0) is 9.10. The topological polar surface area (TPSA) is 12.0 Å². The zero-order valence-corrected chi connectivity index (χ0v) is 9.96. The molecule has 1 saturated heterocycles. The summed E-state index contributed by atoms with van der Waals surface area (Å²) in [6.07, 6.45) is 1.30. The van der Waals surface area contributed by atoms with Crippen molar-refractivity contribution in [1.82, 2.24) is 5.32 Å². The van der Waals surface area contributed by atoms with Gasteiger partial charge in [0.05, 0.1) is 5.37 Å². The molecule has 1 N–H and O–H groups in total. The molecular formula is C11H16ClNS. The van der Waals surface area contributed by atoms with E-state index in [0.717, 1.165) is 6.54 Å². The molecule has 1 unspecified atom stereocenters. The Morgan fingerprint density at radius 3 is 2.79 bits per heavy atom. The van der Waals surface area contributed by atoms with Gasteiger partial charge >= 0.3 is 0 Å². The van der Waals surface area contributed by atoms with E-state index in [0.29, 0.717) is 5.37 Å². The smallest absolute Gasteiger partial charge is 0.0791 e. The monoisotopic (exact) mass is 229 g/mol. The van der Waals surface area contributed by atoms with Gasteiger partial charge in [-0.2, -0.15) is 0 Å². The highest BCUT2D eigenvalue weighted by Crippen LogP contribution is 2.30. The Balaban J connectivity index is 0.000000980. The second-order valence-electron chi connectivity index (χ2n) is 3.42. The van der Waals surface area contributed by atoms with Crippen molar-refractivity contribution in [3.63, 3.8) is 0 Å². The molecule has 78 valence electrons. The molecule has 0 aliphatic carbocycles. The van der Waals surface area contributed by atoms with Gasteiger partial charge in [0.1, 0.15) is 0 Å². The van der Waals surface area contributed by atoms with Crippen molar-refractivity contribution < 1.29 is 0 Å². The number of nitrogens with one attached hydrogen (secondary N) is 1. The summed E-state index contributed by atoms with van der Waals surface area (Å²) in [4.78, 5) is 0. The first-order chi connectivity index (χ1) is 6.38. The van der Waals surface area contributed by atoms with E-state index in [9.17, 15) is 0 Å². The van der Waals surface area contributed by atoms with Crippen LogP contribution in [0.1, 0.15) is 22.9 Å². The van der Waals surface area contributed by atoms with Gasteiger partial charge in [-0.15, -0.1) is 24.2 Å². The number of benzene rings is 1. The molecule has 0 amide bonds. The average molecular weight is 230 g/mol. The van der Waals surface area contributed by atoms with Crippen molar-refractivity contribution in [3.05, 3.63) is 35.4 Å². The summed E-state index contributed by atoms with van der Waals surface area (Å²) in [5.74, 6) is 1.28. The molecule has 1 aliphatic rings. The Kier molecular flexibility index (Phi) is 4.79. The molecule has 0 spiro atoms. The van der Waals surface area contributed by atoms with Crippen molar-refractivity contribution in [2.24, 2.45) is 0 Å². The number of hydrogen-bond donors (Lipinski definition) is 1. The van der Waals surface area contributed by atoms with E-state index in [1.165, 1.54) is 23.3 Å². The molecule has 1 nitrogen and oxygen atoms in total. The Bertz CT molecular complexity index is 284. The molecule has 0 radical (unpaired) electrons. The number of rotatable bonds is 1. The fourth-order valence-corrected chi connectivity index (χ4v) is 2.87. The van der Waals surface area contributed by atoms with Crippen molar-refractivity contribution in [2.75, 3.05) is 12.3 Å². The van der Waals surface area contributed by atoms with Gasteiger partial charge in [0.25, 0.3) is 0 Å². The van der Waals surface area contributed by atoms with Crippen LogP contribution < -0.4 is 5.32 Å². The third-order valence-electron chi connectivity index (χ3n) is 2.41. The molecule has 0 saturated carbocycles. The SMILES string of the molecule is Cc1ccccc1C1NCCCS1.Cl. The third-order valence-corrected chi connectivity index (χ3v) is 3.68. The van der Waals surface area contributed by atoms with Gasteiger partial charge in [-0.25, -0.2) is 0 Å². The number of hydrogen-bond acceptors (Lipinski definition) is 2. The highest BCUT2D eigenvalue weighted by Gasteiger charge is 2.15. The van der Waals surface area contributed by atoms with Crippen LogP contribution in [-0.2, 0) is 0 Å². The molecule has 1 fully saturated rings. The van der Waals surface area contributed by atoms with Gasteiger partial charge < -0.3 is 5.32 Å². The van der Waals surface area contributed by atoms with Gasteiger partial charge in [0.15, 0.2) is 0 Å². The van der Waals surface area contributed by atoms with Crippen LogP contribution in [0.25, 0.3) is 0 Å². The summed E-state index contributed by atoms with van der Waals surface area (Å²) in [5, 5.41) is 4.06. The lowest BCUT2D eigenvalue weighted by Gasteiger charge is -2.24. The molecule has 1 aromatic carbocycles. The first-order valence-corrected chi connectivity index (χ1v) is 5.83. The number of aryl methyl sites for hydroxylation is 1. The number of thioether (sulfide) groups is 1. The van der Waals surface area contributed by atoms with Gasteiger partial charge in [0.2, 0.25) is 0 Å². The molecule has 1 aliphatic heterocycles. The summed E-state index contributed by atoms with van der Waals surface area (Å²) in [7, 11) is 0. The second-order valence-corrected chi connectivity index (χ2v) is 4.63. The Labute approximate surface area is 96.1 Å². The molecule has 3 heteroatoms. The summed E-state index contributed by atoms with van der Waals surface area (Å²) in [6.45, 7) is 3.35. The normalized spacial score (nSPS) is 21.4. The molecule has 1 aromatic rings. The van der Waals surface area contributed by atoms with Crippen molar-refractivity contribution in [1.29, 1.82) is 0 Å². The Morgan fingerprint density at radius 1 is 1.36 bits per heavy atom. The van der Waals surface area contributed by atoms with Crippen LogP contribution in [0.4, 0.5) is 0 Å². The van der Waals surface area contributed by atoms with Crippen LogP contribution in [0.2, 0.25) is 0 Å². The van der Waals surface area contributed by atoms with E-state index in [2.05, 4.69) is 36.5 Å². The van der Waals surface area contributed by atoms with Gasteiger partial charge in [-0.05, 0) is 36.8 Å². The minimum Gasteiger partial charge on any atom is -0.302 e. The van der Waals surface area contributed by atoms with E-state index >= 15 is 0 Å². The van der Waals surface area contributed by atoms with Crippen LogP contribution in [0, 0.1) is 6.92 Å². The Morgan fingerprint density at radius 2 is 2.14 bits per heavy atom. The third kappa shape index (κ3) is 2.66. The zero-order valence-electron chi connectivity index (χ0n) is 8.32. The lowest BCUT2D eigenvalue weighted by molar-refractivity contribution is 0.641. The largest absolute Gasteiger partial charge is 0.302 e.